The summed E-state index contributed by atoms with van der Waals surface area (Å²) in [6.45, 7) is 3.41. The molecule has 1 N–H and O–H groups in total. The predicted molar refractivity (Wildman–Crippen MR) is 58.4 cm³/mol. The van der Waals surface area contributed by atoms with Gasteiger partial charge in [-0.2, -0.15) is 0 Å². The number of carbonyl (C=O) groups excluding carboxylic acids is 1. The monoisotopic (exact) mass is 235 g/mol. The maximum absolute atomic E-state index is 13.4. The van der Waals surface area contributed by atoms with E-state index < -0.39 is 11.6 Å². The third-order valence-electron chi connectivity index (χ3n) is 2.54. The van der Waals surface area contributed by atoms with Gasteiger partial charge in [-0.3, -0.25) is 4.79 Å². The molecule has 88 valence electrons. The van der Waals surface area contributed by atoms with Gasteiger partial charge in [0.25, 0.3) is 0 Å². The molecule has 0 spiro atoms. The van der Waals surface area contributed by atoms with E-state index in [-0.39, 0.29) is 5.56 Å². The SMILES string of the molecule is Cc1noc(C)c1-c1cc(F)c(O)c(C=O)c1. The smallest absolute Gasteiger partial charge is 0.166 e. The van der Waals surface area contributed by atoms with Gasteiger partial charge in [0.2, 0.25) is 0 Å². The van der Waals surface area contributed by atoms with Crippen molar-refractivity contribution in [1.82, 2.24) is 5.16 Å². The largest absolute Gasteiger partial charge is 0.504 e. The fourth-order valence-electron chi connectivity index (χ4n) is 1.75. The lowest BCUT2D eigenvalue weighted by molar-refractivity contribution is 0.112. The number of aryl methyl sites for hydroxylation is 2. The summed E-state index contributed by atoms with van der Waals surface area (Å²) in [6.07, 6.45) is 0.403. The topological polar surface area (TPSA) is 63.3 Å². The van der Waals surface area contributed by atoms with Crippen LogP contribution < -0.4 is 0 Å². The molecule has 0 bridgehead atoms. The lowest BCUT2D eigenvalue weighted by atomic mass is 10.0. The van der Waals surface area contributed by atoms with Crippen molar-refractivity contribution in [3.05, 3.63) is 35.0 Å². The van der Waals surface area contributed by atoms with Crippen molar-refractivity contribution >= 4 is 6.29 Å². The van der Waals surface area contributed by atoms with Crippen LogP contribution in [0, 0.1) is 19.7 Å². The maximum atomic E-state index is 13.4. The maximum Gasteiger partial charge on any atom is 0.166 e. The molecule has 2 aromatic rings. The van der Waals surface area contributed by atoms with Gasteiger partial charge >= 0.3 is 0 Å². The molecule has 5 heteroatoms. The summed E-state index contributed by atoms with van der Waals surface area (Å²) >= 11 is 0. The van der Waals surface area contributed by atoms with Gasteiger partial charge in [-0.25, -0.2) is 4.39 Å². The van der Waals surface area contributed by atoms with Crippen LogP contribution in [0.2, 0.25) is 0 Å². The highest BCUT2D eigenvalue weighted by molar-refractivity contribution is 5.83. The zero-order valence-corrected chi connectivity index (χ0v) is 9.32. The van der Waals surface area contributed by atoms with E-state index in [0.717, 1.165) is 6.07 Å². The molecule has 0 radical (unpaired) electrons. The highest BCUT2D eigenvalue weighted by Crippen LogP contribution is 2.31. The normalized spacial score (nSPS) is 10.5. The average Bonchev–Trinajstić information content (AvgIpc) is 2.62. The quantitative estimate of drug-likeness (QED) is 0.812. The Labute approximate surface area is 96.7 Å². The summed E-state index contributed by atoms with van der Waals surface area (Å²) in [6, 6.07) is 2.55. The van der Waals surface area contributed by atoms with Crippen LogP contribution in [0.15, 0.2) is 16.7 Å². The minimum Gasteiger partial charge on any atom is -0.504 e. The number of phenols is 1. The summed E-state index contributed by atoms with van der Waals surface area (Å²) in [4.78, 5) is 10.7. The minimum absolute atomic E-state index is 0.0972. The number of aromatic hydroxyl groups is 1. The Hall–Kier alpha value is -2.17. The molecule has 0 fully saturated rings. The summed E-state index contributed by atoms with van der Waals surface area (Å²) in [7, 11) is 0. The van der Waals surface area contributed by atoms with Gasteiger partial charge in [0, 0.05) is 5.56 Å². The van der Waals surface area contributed by atoms with Gasteiger partial charge in [-0.1, -0.05) is 5.16 Å². The first-order chi connectivity index (χ1) is 8.04. The molecular weight excluding hydrogens is 225 g/mol. The Morgan fingerprint density at radius 3 is 2.65 bits per heavy atom. The molecule has 0 aliphatic carbocycles. The first-order valence-electron chi connectivity index (χ1n) is 4.95. The summed E-state index contributed by atoms with van der Waals surface area (Å²) in [5, 5.41) is 13.1. The highest BCUT2D eigenvalue weighted by Gasteiger charge is 2.16. The van der Waals surface area contributed by atoms with Gasteiger partial charge in [-0.15, -0.1) is 0 Å². The third kappa shape index (κ3) is 1.80. The molecule has 2 rings (SSSR count). The molecule has 0 saturated heterocycles. The lowest BCUT2D eigenvalue weighted by Crippen LogP contribution is -1.90. The Bertz CT molecular complexity index is 570. The summed E-state index contributed by atoms with van der Waals surface area (Å²) < 4.78 is 18.4. The number of nitrogens with zero attached hydrogens (tertiary/aromatic N) is 1. The van der Waals surface area contributed by atoms with Crippen molar-refractivity contribution in [3.63, 3.8) is 0 Å². The Balaban J connectivity index is 2.69. The molecule has 0 atom stereocenters. The zero-order chi connectivity index (χ0) is 12.6. The van der Waals surface area contributed by atoms with Crippen molar-refractivity contribution in [2.45, 2.75) is 13.8 Å². The van der Waals surface area contributed by atoms with E-state index in [4.69, 9.17) is 4.52 Å². The van der Waals surface area contributed by atoms with Crippen molar-refractivity contribution in [2.24, 2.45) is 0 Å². The van der Waals surface area contributed by atoms with Crippen LogP contribution in [0.25, 0.3) is 11.1 Å². The molecule has 1 aromatic heterocycles. The standard InChI is InChI=1S/C12H10FNO3/c1-6-11(7(2)17-14-6)8-3-9(5-15)12(16)10(13)4-8/h3-5,16H,1-2H3. The first kappa shape index (κ1) is 11.3. The van der Waals surface area contributed by atoms with Crippen molar-refractivity contribution in [1.29, 1.82) is 0 Å². The predicted octanol–water partition coefficient (Wildman–Crippen LogP) is 2.62. The van der Waals surface area contributed by atoms with Crippen LogP contribution >= 0.6 is 0 Å². The zero-order valence-electron chi connectivity index (χ0n) is 9.32. The summed E-state index contributed by atoms with van der Waals surface area (Å²) in [5.74, 6) is -0.954. The second kappa shape index (κ2) is 4.01. The lowest BCUT2D eigenvalue weighted by Gasteiger charge is -2.04. The first-order valence-corrected chi connectivity index (χ1v) is 4.95. The van der Waals surface area contributed by atoms with Crippen LogP contribution in [0.4, 0.5) is 4.39 Å². The molecule has 1 aromatic carbocycles. The van der Waals surface area contributed by atoms with E-state index in [1.807, 2.05) is 0 Å². The minimum atomic E-state index is -0.843. The van der Waals surface area contributed by atoms with Crippen LogP contribution in [-0.4, -0.2) is 16.5 Å². The van der Waals surface area contributed by atoms with Gasteiger partial charge < -0.3 is 9.63 Å². The number of hydrogen-bond donors (Lipinski definition) is 1. The molecular formula is C12H10FNO3. The molecule has 4 nitrogen and oxygen atoms in total. The van der Waals surface area contributed by atoms with Gasteiger partial charge in [0.15, 0.2) is 17.9 Å². The van der Waals surface area contributed by atoms with Crippen molar-refractivity contribution in [2.75, 3.05) is 0 Å². The molecule has 0 unspecified atom stereocenters. The summed E-state index contributed by atoms with van der Waals surface area (Å²) in [5.41, 5.74) is 1.59. The molecule has 0 aliphatic heterocycles. The second-order valence-electron chi connectivity index (χ2n) is 3.71. The number of halogens is 1. The number of benzene rings is 1. The number of aldehydes is 1. The van der Waals surface area contributed by atoms with Gasteiger partial charge in [0.05, 0.1) is 11.3 Å². The second-order valence-corrected chi connectivity index (χ2v) is 3.71. The van der Waals surface area contributed by atoms with Gasteiger partial charge in [-0.05, 0) is 31.5 Å². The number of hydrogen-bond acceptors (Lipinski definition) is 4. The highest BCUT2D eigenvalue weighted by atomic mass is 19.1. The van der Waals surface area contributed by atoms with Gasteiger partial charge in [0.1, 0.15) is 5.76 Å². The van der Waals surface area contributed by atoms with Crippen LogP contribution in [0.1, 0.15) is 21.8 Å². The Kier molecular flexibility index (Phi) is 2.67. The van der Waals surface area contributed by atoms with Crippen LogP contribution in [0.3, 0.4) is 0 Å². The van der Waals surface area contributed by atoms with E-state index in [1.165, 1.54) is 6.07 Å². The number of phenolic OH excluding ortho intramolecular Hbond substituents is 1. The number of rotatable bonds is 2. The fourth-order valence-corrected chi connectivity index (χ4v) is 1.75. The van der Waals surface area contributed by atoms with Crippen LogP contribution in [-0.2, 0) is 0 Å². The molecule has 1 heterocycles. The van der Waals surface area contributed by atoms with Crippen molar-refractivity contribution in [3.8, 4) is 16.9 Å². The van der Waals surface area contributed by atoms with E-state index in [1.54, 1.807) is 13.8 Å². The third-order valence-corrected chi connectivity index (χ3v) is 2.54. The van der Waals surface area contributed by atoms with E-state index in [9.17, 15) is 14.3 Å². The number of carbonyl (C=O) groups is 1. The molecule has 0 saturated carbocycles. The van der Waals surface area contributed by atoms with E-state index in [2.05, 4.69) is 5.16 Å². The number of aromatic nitrogens is 1. The van der Waals surface area contributed by atoms with Crippen LogP contribution in [0.5, 0.6) is 5.75 Å². The fraction of sp³-hybridized carbons (Fsp3) is 0.167. The van der Waals surface area contributed by atoms with E-state index >= 15 is 0 Å². The molecule has 0 aliphatic rings. The van der Waals surface area contributed by atoms with Crippen molar-refractivity contribution < 1.29 is 18.8 Å². The molecule has 17 heavy (non-hydrogen) atoms. The Morgan fingerprint density at radius 2 is 2.12 bits per heavy atom. The van der Waals surface area contributed by atoms with E-state index in [0.29, 0.717) is 28.9 Å². The molecule has 0 amide bonds. The average molecular weight is 235 g/mol. The Morgan fingerprint density at radius 1 is 1.41 bits per heavy atom.